The predicted octanol–water partition coefficient (Wildman–Crippen LogP) is 9.58. The number of nitrogens with zero attached hydrogens (tertiary/aromatic N) is 7. The molecule has 0 radical (unpaired) electrons. The maximum Gasteiger partial charge on any atom is 0.227 e. The zero-order valence-corrected chi connectivity index (χ0v) is 25.8. The standard InChI is InChI=1S/C41H23N7O/c1-3-9-24(10-4-1)35-43-37-28-15-7-13-26(19-28)27-14-8-16-29(20-27)38-44-36(25-11-5-2-6-12-25)46-40(48-38)31-22-33-32-21-30(39(45-35)47-37)17-18-34(32)49-41(33)42-23-31/h1-23H. The first-order chi connectivity index (χ1) is 24.2. The quantitative estimate of drug-likeness (QED) is 0.186. The molecular weight excluding hydrogens is 606 g/mol. The predicted molar refractivity (Wildman–Crippen MR) is 194 cm³/mol. The van der Waals surface area contributed by atoms with Gasteiger partial charge < -0.3 is 4.42 Å². The van der Waals surface area contributed by atoms with E-state index in [9.17, 15) is 0 Å². The van der Waals surface area contributed by atoms with Crippen LogP contribution in [0.2, 0.25) is 0 Å². The SMILES string of the molecule is c1ccc(-c2nc3nc(n2)c2ccc4oc5ncc(cc5c4c2)c2nc(-c4ccccc4)nc(n2)c2cccc(c2)c2cccc3c2)cc1. The third kappa shape index (κ3) is 4.73. The van der Waals surface area contributed by atoms with Gasteiger partial charge in [0.1, 0.15) is 5.58 Å². The van der Waals surface area contributed by atoms with E-state index in [1.807, 2.05) is 103 Å². The molecule has 0 aliphatic heterocycles. The molecule has 8 nitrogen and oxygen atoms in total. The third-order valence-corrected chi connectivity index (χ3v) is 8.75. The fraction of sp³-hybridized carbons (Fsp3) is 0. The molecule has 0 aliphatic carbocycles. The average molecular weight is 630 g/mol. The molecule has 0 amide bonds. The summed E-state index contributed by atoms with van der Waals surface area (Å²) >= 11 is 0. The highest BCUT2D eigenvalue weighted by atomic mass is 16.3. The van der Waals surface area contributed by atoms with Gasteiger partial charge in [-0.25, -0.2) is 34.9 Å². The van der Waals surface area contributed by atoms with E-state index >= 15 is 0 Å². The molecule has 5 heterocycles. The monoisotopic (exact) mass is 629 g/mol. The Balaban J connectivity index is 1.40. The molecule has 0 fully saturated rings. The smallest absolute Gasteiger partial charge is 0.227 e. The van der Waals surface area contributed by atoms with Crippen LogP contribution in [0.5, 0.6) is 0 Å². The van der Waals surface area contributed by atoms with Crippen molar-refractivity contribution in [3.05, 3.63) is 140 Å². The number of aromatic nitrogens is 7. The summed E-state index contributed by atoms with van der Waals surface area (Å²) in [6, 6.07) is 44.4. The summed E-state index contributed by atoms with van der Waals surface area (Å²) in [5, 5.41) is 7.08. The molecule has 228 valence electrons. The van der Waals surface area contributed by atoms with Crippen molar-refractivity contribution in [2.75, 3.05) is 0 Å². The molecule has 0 saturated heterocycles. The van der Waals surface area contributed by atoms with Gasteiger partial charge in [0.15, 0.2) is 34.2 Å². The molecule has 5 aromatic heterocycles. The lowest BCUT2D eigenvalue weighted by Gasteiger charge is -2.04. The average Bonchev–Trinajstić information content (AvgIpc) is 3.55. The van der Waals surface area contributed by atoms with Gasteiger partial charge in [0.25, 0.3) is 0 Å². The van der Waals surface area contributed by atoms with Crippen LogP contribution in [0.1, 0.15) is 0 Å². The third-order valence-electron chi connectivity index (χ3n) is 8.75. The number of hydrogen-bond acceptors (Lipinski definition) is 8. The highest BCUT2D eigenvalue weighted by Crippen LogP contribution is 2.31. The summed E-state index contributed by atoms with van der Waals surface area (Å²) < 4.78 is 6.19. The minimum atomic E-state index is 0.520. The Labute approximate surface area is 278 Å². The molecule has 5 aromatic carbocycles. The molecule has 49 heavy (non-hydrogen) atoms. The molecule has 0 atom stereocenters. The second-order valence-electron chi connectivity index (χ2n) is 11.9. The first kappa shape index (κ1) is 27.2. The summed E-state index contributed by atoms with van der Waals surface area (Å²) in [6.45, 7) is 0. The summed E-state index contributed by atoms with van der Waals surface area (Å²) in [5.41, 5.74) is 5.27. The van der Waals surface area contributed by atoms with Gasteiger partial charge in [0.2, 0.25) is 5.71 Å². The lowest BCUT2D eigenvalue weighted by atomic mass is 10.1. The molecule has 0 aliphatic rings. The molecular formula is C41H23N7O. The van der Waals surface area contributed by atoms with Crippen molar-refractivity contribution in [3.63, 3.8) is 0 Å². The van der Waals surface area contributed by atoms with E-state index < -0.39 is 0 Å². The van der Waals surface area contributed by atoms with E-state index in [1.54, 1.807) is 6.20 Å². The lowest BCUT2D eigenvalue weighted by molar-refractivity contribution is 0.654. The Morgan fingerprint density at radius 2 is 0.857 bits per heavy atom. The fourth-order valence-electron chi connectivity index (χ4n) is 6.30. The minimum absolute atomic E-state index is 0.520. The maximum atomic E-state index is 6.19. The molecule has 0 spiro atoms. The zero-order valence-electron chi connectivity index (χ0n) is 25.8. The first-order valence-corrected chi connectivity index (χ1v) is 15.9. The number of benzene rings is 5. The van der Waals surface area contributed by atoms with Crippen LogP contribution in [0.15, 0.2) is 144 Å². The van der Waals surface area contributed by atoms with Gasteiger partial charge in [-0.15, -0.1) is 0 Å². The molecule has 0 N–H and O–H groups in total. The van der Waals surface area contributed by atoms with Crippen LogP contribution in [0.3, 0.4) is 0 Å². The Morgan fingerprint density at radius 3 is 1.43 bits per heavy atom. The van der Waals surface area contributed by atoms with Crippen molar-refractivity contribution >= 4 is 77.0 Å². The second kappa shape index (κ2) is 10.8. The van der Waals surface area contributed by atoms with E-state index in [1.165, 1.54) is 0 Å². The first-order valence-electron chi connectivity index (χ1n) is 15.9. The van der Waals surface area contributed by atoms with E-state index in [0.717, 1.165) is 54.2 Å². The minimum Gasteiger partial charge on any atom is -0.438 e. The van der Waals surface area contributed by atoms with E-state index in [4.69, 9.17) is 39.3 Å². The van der Waals surface area contributed by atoms with Gasteiger partial charge in [-0.05, 0) is 47.2 Å². The van der Waals surface area contributed by atoms with Gasteiger partial charge >= 0.3 is 0 Å². The summed E-state index contributed by atoms with van der Waals surface area (Å²) in [7, 11) is 0. The molecule has 10 rings (SSSR count). The summed E-state index contributed by atoms with van der Waals surface area (Å²) in [6.07, 6.45) is 1.75. The van der Waals surface area contributed by atoms with Crippen molar-refractivity contribution in [2.24, 2.45) is 0 Å². The van der Waals surface area contributed by atoms with Crippen LogP contribution in [-0.4, -0.2) is 34.9 Å². The molecule has 0 unspecified atom stereocenters. The number of hydrogen-bond donors (Lipinski definition) is 0. The van der Waals surface area contributed by atoms with Crippen molar-refractivity contribution in [1.29, 1.82) is 0 Å². The Hall–Kier alpha value is -6.93. The summed E-state index contributed by atoms with van der Waals surface area (Å²) in [5.74, 6) is 1.18. The maximum absolute atomic E-state index is 6.19. The number of furan rings is 1. The van der Waals surface area contributed by atoms with Crippen molar-refractivity contribution < 1.29 is 4.42 Å². The van der Waals surface area contributed by atoms with Crippen LogP contribution >= 0.6 is 0 Å². The Bertz CT molecular complexity index is 2800. The van der Waals surface area contributed by atoms with Crippen LogP contribution in [-0.2, 0) is 0 Å². The molecule has 0 saturated carbocycles. The Kier molecular flexibility index (Phi) is 6.01. The zero-order chi connectivity index (χ0) is 32.3. The van der Waals surface area contributed by atoms with Crippen molar-refractivity contribution in [2.45, 2.75) is 0 Å². The van der Waals surface area contributed by atoms with E-state index in [0.29, 0.717) is 45.5 Å². The summed E-state index contributed by atoms with van der Waals surface area (Å²) in [4.78, 5) is 34.6. The normalized spacial score (nSPS) is 11.7. The van der Waals surface area contributed by atoms with Crippen molar-refractivity contribution in [3.8, 4) is 22.8 Å². The fourth-order valence-corrected chi connectivity index (χ4v) is 6.30. The second-order valence-corrected chi connectivity index (χ2v) is 11.9. The van der Waals surface area contributed by atoms with E-state index in [2.05, 4.69) is 30.3 Å². The van der Waals surface area contributed by atoms with E-state index in [-0.39, 0.29) is 0 Å². The largest absolute Gasteiger partial charge is 0.438 e. The number of rotatable bonds is 2. The van der Waals surface area contributed by atoms with Gasteiger partial charge in [0.05, 0.1) is 0 Å². The molecule has 12 bridgehead atoms. The lowest BCUT2D eigenvalue weighted by Crippen LogP contribution is -1.94. The van der Waals surface area contributed by atoms with Gasteiger partial charge in [-0.3, -0.25) is 0 Å². The van der Waals surface area contributed by atoms with Crippen LogP contribution in [0, 0.1) is 0 Å². The van der Waals surface area contributed by atoms with Crippen LogP contribution in [0.25, 0.3) is 99.8 Å². The number of fused-ring (bicyclic) bond motifs is 15. The van der Waals surface area contributed by atoms with Gasteiger partial charge in [0, 0.05) is 49.6 Å². The van der Waals surface area contributed by atoms with Crippen molar-refractivity contribution in [1.82, 2.24) is 34.9 Å². The van der Waals surface area contributed by atoms with Crippen LogP contribution < -0.4 is 0 Å². The van der Waals surface area contributed by atoms with Gasteiger partial charge in [-0.1, -0.05) is 97.1 Å². The number of pyridine rings is 1. The molecule has 10 aromatic rings. The highest BCUT2D eigenvalue weighted by molar-refractivity contribution is 6.08. The van der Waals surface area contributed by atoms with Gasteiger partial charge in [-0.2, -0.15) is 0 Å². The highest BCUT2D eigenvalue weighted by Gasteiger charge is 2.13. The topological polar surface area (TPSA) is 103 Å². The Morgan fingerprint density at radius 1 is 0.367 bits per heavy atom. The van der Waals surface area contributed by atoms with Crippen LogP contribution in [0.4, 0.5) is 0 Å². The molecule has 8 heteroatoms.